The third kappa shape index (κ3) is 5.97. The third-order valence-electron chi connectivity index (χ3n) is 6.46. The Morgan fingerprint density at radius 3 is 2.54 bits per heavy atom. The molecule has 0 unspecified atom stereocenters. The Hall–Kier alpha value is -3.75. The minimum Gasteiger partial charge on any atom is -0.494 e. The van der Waals surface area contributed by atoms with Crippen LogP contribution in [0.4, 0.5) is 33.7 Å². The van der Waals surface area contributed by atoms with E-state index in [9.17, 15) is 35.6 Å². The van der Waals surface area contributed by atoms with E-state index in [1.54, 1.807) is 0 Å². The topological polar surface area (TPSA) is 131 Å². The zero-order valence-corrected chi connectivity index (χ0v) is 21.3. The largest absolute Gasteiger partial charge is 0.494 e. The Morgan fingerprint density at radius 2 is 1.92 bits per heavy atom. The van der Waals surface area contributed by atoms with Gasteiger partial charge in [-0.05, 0) is 49.6 Å². The summed E-state index contributed by atoms with van der Waals surface area (Å²) in [6.07, 6.45) is -7.16. The van der Waals surface area contributed by atoms with E-state index in [1.165, 1.54) is 18.2 Å². The molecule has 0 saturated heterocycles. The highest BCUT2D eigenvalue weighted by Crippen LogP contribution is 2.57. The van der Waals surface area contributed by atoms with Crippen LogP contribution in [0.25, 0.3) is 0 Å². The predicted octanol–water partition coefficient (Wildman–Crippen LogP) is 4.55. The Balaban J connectivity index is 1.61. The summed E-state index contributed by atoms with van der Waals surface area (Å²) >= 11 is 0. The molecule has 2 aromatic rings. The number of amides is 1. The number of hydrogen-bond acceptors (Lipinski definition) is 7. The first kappa shape index (κ1) is 28.3. The molecule has 15 heteroatoms. The van der Waals surface area contributed by atoms with Crippen LogP contribution in [0.1, 0.15) is 25.7 Å². The van der Waals surface area contributed by atoms with Crippen LogP contribution in [0.5, 0.6) is 11.5 Å². The molecule has 1 fully saturated rings. The van der Waals surface area contributed by atoms with Crippen LogP contribution in [-0.4, -0.2) is 58.1 Å². The number of carboxylic acids is 1. The molecule has 1 amide bonds. The molecule has 4 rings (SSSR count). The lowest BCUT2D eigenvalue weighted by Crippen LogP contribution is -2.43. The minimum atomic E-state index is -4.51. The van der Waals surface area contributed by atoms with E-state index in [0.717, 1.165) is 29.6 Å². The van der Waals surface area contributed by atoms with E-state index in [-0.39, 0.29) is 60.0 Å². The number of nitrogens with one attached hydrogen (secondary N) is 1. The first-order valence-corrected chi connectivity index (χ1v) is 13.1. The number of fused-ring (bicyclic) bond motifs is 1. The van der Waals surface area contributed by atoms with Crippen LogP contribution in [0.2, 0.25) is 0 Å². The van der Waals surface area contributed by atoms with E-state index in [1.807, 2.05) is 0 Å². The highest BCUT2D eigenvalue weighted by molar-refractivity contribution is 7.92. The minimum absolute atomic E-state index is 0.0000725. The van der Waals surface area contributed by atoms with Crippen LogP contribution in [0.3, 0.4) is 0 Å². The van der Waals surface area contributed by atoms with Crippen molar-refractivity contribution in [2.75, 3.05) is 29.9 Å². The van der Waals surface area contributed by atoms with E-state index in [0.29, 0.717) is 0 Å². The number of anilines is 2. The monoisotopic (exact) mass is 576 g/mol. The van der Waals surface area contributed by atoms with Crippen LogP contribution in [-0.2, 0) is 19.6 Å². The number of hydrogen-bond donors (Lipinski definition) is 2. The molecular weight excluding hydrogens is 552 g/mol. The van der Waals surface area contributed by atoms with Crippen LogP contribution in [0.15, 0.2) is 41.3 Å². The van der Waals surface area contributed by atoms with Crippen molar-refractivity contribution in [1.82, 2.24) is 0 Å². The highest BCUT2D eigenvalue weighted by Gasteiger charge is 2.64. The number of halogens is 4. The maximum absolute atomic E-state index is 13.9. The summed E-state index contributed by atoms with van der Waals surface area (Å²) in [6, 6.07) is 6.80. The summed E-state index contributed by atoms with van der Waals surface area (Å²) in [4.78, 5) is 22.9. The fourth-order valence-electron chi connectivity index (χ4n) is 4.00. The summed E-state index contributed by atoms with van der Waals surface area (Å²) in [7, 11) is -3.22. The number of methoxy groups -OCH3 is 1. The predicted molar refractivity (Wildman–Crippen MR) is 128 cm³/mol. The molecule has 2 aromatic carbocycles. The lowest BCUT2D eigenvalue weighted by Gasteiger charge is -2.35. The van der Waals surface area contributed by atoms with Gasteiger partial charge in [-0.15, -0.1) is 0 Å². The Labute approximate surface area is 220 Å². The van der Waals surface area contributed by atoms with Crippen molar-refractivity contribution in [3.8, 4) is 11.5 Å². The second-order valence-electron chi connectivity index (χ2n) is 9.17. The molecule has 212 valence electrons. The van der Waals surface area contributed by atoms with Crippen molar-refractivity contribution in [3.05, 3.63) is 42.2 Å². The van der Waals surface area contributed by atoms with E-state index in [2.05, 4.69) is 5.32 Å². The van der Waals surface area contributed by atoms with Gasteiger partial charge >= 0.3 is 18.2 Å². The number of carbonyl (C=O) groups excluding carboxylic acids is 1. The standard InChI is InChI=1S/C24H24F4N2O8S/c1-36-20-11-16(4-5-17(20)25)39(34,35)30-12-15(3-7-21(31)32)38-19-6-2-14(10-18(19)30)29-22(33)37-13-23(8-9-23)24(26,27)28/h2,4-6,10-11,15H,3,7-9,12-13H2,1H3,(H,29,33)(H,31,32)/t15-/m0/s1. The molecule has 2 aliphatic rings. The fraction of sp³-hybridized carbons (Fsp3) is 0.417. The van der Waals surface area contributed by atoms with Gasteiger partial charge in [0.05, 0.1) is 24.2 Å². The van der Waals surface area contributed by atoms with Gasteiger partial charge in [0, 0.05) is 18.2 Å². The molecule has 1 aliphatic carbocycles. The lowest BCUT2D eigenvalue weighted by molar-refractivity contribution is -0.196. The third-order valence-corrected chi connectivity index (χ3v) is 8.24. The second-order valence-corrected chi connectivity index (χ2v) is 11.0. The number of alkyl halides is 3. The quantitative estimate of drug-likeness (QED) is 0.416. The van der Waals surface area contributed by atoms with Crippen molar-refractivity contribution in [2.45, 2.75) is 42.9 Å². The maximum atomic E-state index is 13.9. The van der Waals surface area contributed by atoms with Crippen LogP contribution < -0.4 is 19.1 Å². The Kier molecular flexibility index (Phi) is 7.56. The van der Waals surface area contributed by atoms with Crippen molar-refractivity contribution < 1.29 is 54.9 Å². The first-order chi connectivity index (χ1) is 18.3. The van der Waals surface area contributed by atoms with Crippen molar-refractivity contribution in [3.63, 3.8) is 0 Å². The average Bonchev–Trinajstić information content (AvgIpc) is 3.67. The van der Waals surface area contributed by atoms with Gasteiger partial charge < -0.3 is 19.3 Å². The van der Waals surface area contributed by atoms with Crippen molar-refractivity contribution >= 4 is 33.5 Å². The van der Waals surface area contributed by atoms with E-state index in [4.69, 9.17) is 19.3 Å². The summed E-state index contributed by atoms with van der Waals surface area (Å²) < 4.78 is 96.9. The first-order valence-electron chi connectivity index (χ1n) is 11.6. The number of rotatable bonds is 9. The fourth-order valence-corrected chi connectivity index (χ4v) is 5.51. The van der Waals surface area contributed by atoms with Gasteiger partial charge in [0.15, 0.2) is 11.6 Å². The molecule has 1 saturated carbocycles. The molecule has 0 spiro atoms. The molecule has 1 aliphatic heterocycles. The second kappa shape index (κ2) is 10.4. The smallest absolute Gasteiger partial charge is 0.411 e. The molecule has 0 radical (unpaired) electrons. The molecule has 1 heterocycles. The summed E-state index contributed by atoms with van der Waals surface area (Å²) in [5, 5.41) is 11.3. The highest BCUT2D eigenvalue weighted by atomic mass is 32.2. The van der Waals surface area contributed by atoms with E-state index >= 15 is 0 Å². The lowest BCUT2D eigenvalue weighted by atomic mass is 10.1. The number of nitrogens with zero attached hydrogens (tertiary/aromatic N) is 1. The molecule has 39 heavy (non-hydrogen) atoms. The molecule has 10 nitrogen and oxygen atoms in total. The van der Waals surface area contributed by atoms with Gasteiger partial charge in [0.1, 0.15) is 23.9 Å². The summed E-state index contributed by atoms with van der Waals surface area (Å²) in [5.74, 6) is -2.18. The molecule has 2 N–H and O–H groups in total. The van der Waals surface area contributed by atoms with Crippen LogP contribution in [0, 0.1) is 11.2 Å². The number of sulfonamides is 1. The van der Waals surface area contributed by atoms with Gasteiger partial charge in [0.2, 0.25) is 0 Å². The summed E-state index contributed by atoms with van der Waals surface area (Å²) in [6.45, 7) is -1.17. The zero-order chi connectivity index (χ0) is 28.6. The Morgan fingerprint density at radius 1 is 1.21 bits per heavy atom. The number of ether oxygens (including phenoxy) is 3. The SMILES string of the molecule is COc1cc(S(=O)(=O)N2C[C@H](CCC(=O)O)Oc3ccc(NC(=O)OCC4(C(F)(F)F)CC4)cc32)ccc1F. The molecular formula is C24H24F4N2O8S. The molecule has 0 aromatic heterocycles. The van der Waals surface area contributed by atoms with Gasteiger partial charge in [-0.3, -0.25) is 14.4 Å². The number of aliphatic carboxylic acids is 1. The number of carboxylic acid groups (broad SMARTS) is 1. The number of benzene rings is 2. The maximum Gasteiger partial charge on any atom is 0.411 e. The Bertz CT molecular complexity index is 1380. The average molecular weight is 577 g/mol. The van der Waals surface area contributed by atoms with Gasteiger partial charge in [-0.25, -0.2) is 17.6 Å². The normalized spacial score (nSPS) is 18.0. The van der Waals surface area contributed by atoms with E-state index < -0.39 is 52.2 Å². The number of carbonyl (C=O) groups is 2. The van der Waals surface area contributed by atoms with Gasteiger partial charge in [-0.2, -0.15) is 13.2 Å². The van der Waals surface area contributed by atoms with Crippen molar-refractivity contribution in [2.24, 2.45) is 5.41 Å². The van der Waals surface area contributed by atoms with Crippen LogP contribution >= 0.6 is 0 Å². The molecule has 1 atom stereocenters. The zero-order valence-electron chi connectivity index (χ0n) is 20.5. The summed E-state index contributed by atoms with van der Waals surface area (Å²) in [5.41, 5.74) is -2.10. The van der Waals surface area contributed by atoms with Crippen molar-refractivity contribution in [1.29, 1.82) is 0 Å². The molecule has 0 bridgehead atoms. The van der Waals surface area contributed by atoms with Gasteiger partial charge in [-0.1, -0.05) is 0 Å². The van der Waals surface area contributed by atoms with Gasteiger partial charge in [0.25, 0.3) is 10.0 Å².